The minimum absolute atomic E-state index is 0.106. The van der Waals surface area contributed by atoms with Crippen molar-refractivity contribution >= 4 is 35.1 Å². The third kappa shape index (κ3) is 6.31. The molecule has 2 fully saturated rings. The number of urea groups is 1. The van der Waals surface area contributed by atoms with Crippen molar-refractivity contribution in [3.05, 3.63) is 51.4 Å². The first kappa shape index (κ1) is 26.3. The third-order valence-electron chi connectivity index (χ3n) is 6.26. The van der Waals surface area contributed by atoms with Gasteiger partial charge in [0, 0.05) is 67.7 Å². The minimum atomic E-state index is -0.682. The van der Waals surface area contributed by atoms with E-state index in [4.69, 9.17) is 33.7 Å². The average molecular weight is 535 g/mol. The smallest absolute Gasteiger partial charge is 0.318 e. The van der Waals surface area contributed by atoms with Crippen molar-refractivity contribution in [3.8, 4) is 17.6 Å². The number of amides is 2. The number of carbonyl (C=O) groups excluding carboxylic acids is 1. The molecule has 1 aromatic heterocycles. The van der Waals surface area contributed by atoms with Crippen molar-refractivity contribution in [2.45, 2.75) is 25.9 Å². The molecule has 2 saturated heterocycles. The third-order valence-corrected chi connectivity index (χ3v) is 6.97. The van der Waals surface area contributed by atoms with E-state index in [2.05, 4.69) is 32.2 Å². The van der Waals surface area contributed by atoms with Crippen LogP contribution in [0.25, 0.3) is 0 Å². The lowest BCUT2D eigenvalue weighted by Gasteiger charge is -2.39. The number of nitrogens with two attached hydrogens (primary N) is 1. The number of hydrazine groups is 1. The molecular weight excluding hydrogens is 506 g/mol. The van der Waals surface area contributed by atoms with E-state index >= 15 is 0 Å². The summed E-state index contributed by atoms with van der Waals surface area (Å²) in [5, 5.41) is 7.76. The molecule has 3 heterocycles. The quantitative estimate of drug-likeness (QED) is 0.446. The molecule has 1 unspecified atom stereocenters. The van der Waals surface area contributed by atoms with E-state index < -0.39 is 11.9 Å². The summed E-state index contributed by atoms with van der Waals surface area (Å²) in [4.78, 5) is 18.4. The number of nitrogen functional groups attached to an aromatic ring is 1. The maximum Gasteiger partial charge on any atom is 0.318 e. The van der Waals surface area contributed by atoms with Gasteiger partial charge < -0.3 is 20.7 Å². The highest BCUT2D eigenvalue weighted by Gasteiger charge is 2.26. The Morgan fingerprint density at radius 3 is 2.61 bits per heavy atom. The topological polar surface area (TPSA) is 87.0 Å². The zero-order valence-electron chi connectivity index (χ0n) is 20.1. The van der Waals surface area contributed by atoms with Crippen molar-refractivity contribution in [2.24, 2.45) is 0 Å². The molecule has 2 amide bonds. The lowest BCUT2D eigenvalue weighted by atomic mass is 10.1. The Kier molecular flexibility index (Phi) is 8.75. The number of anilines is 1. The molecule has 192 valence electrons. The second-order valence-corrected chi connectivity index (χ2v) is 9.47. The van der Waals surface area contributed by atoms with Gasteiger partial charge in [-0.2, -0.15) is 0 Å². The molecule has 8 nitrogen and oxygen atoms in total. The highest BCUT2D eigenvalue weighted by atomic mass is 35.5. The van der Waals surface area contributed by atoms with E-state index in [1.165, 1.54) is 31.2 Å². The van der Waals surface area contributed by atoms with Crippen LogP contribution in [-0.2, 0) is 0 Å². The second kappa shape index (κ2) is 12.0. The van der Waals surface area contributed by atoms with Crippen LogP contribution in [0.1, 0.15) is 37.0 Å². The van der Waals surface area contributed by atoms with Crippen LogP contribution < -0.4 is 15.8 Å². The molecule has 0 saturated carbocycles. The molecule has 36 heavy (non-hydrogen) atoms. The minimum Gasteiger partial charge on any atom is -0.482 e. The molecule has 2 aromatic rings. The predicted molar refractivity (Wildman–Crippen MR) is 138 cm³/mol. The van der Waals surface area contributed by atoms with Gasteiger partial charge in [0.05, 0.1) is 11.6 Å². The van der Waals surface area contributed by atoms with Crippen LogP contribution in [0.15, 0.2) is 24.4 Å². The summed E-state index contributed by atoms with van der Waals surface area (Å²) in [6, 6.07) is 4.12. The first-order valence-corrected chi connectivity index (χ1v) is 12.7. The van der Waals surface area contributed by atoms with Crippen molar-refractivity contribution in [3.63, 3.8) is 0 Å². The zero-order chi connectivity index (χ0) is 25.7. The summed E-state index contributed by atoms with van der Waals surface area (Å²) in [5.41, 5.74) is 6.83. The molecule has 0 spiro atoms. The monoisotopic (exact) mass is 534 g/mol. The molecule has 1 aromatic carbocycles. The average Bonchev–Trinajstić information content (AvgIpc) is 3.41. The summed E-state index contributed by atoms with van der Waals surface area (Å²) >= 11 is 12.3. The summed E-state index contributed by atoms with van der Waals surface area (Å²) in [6.07, 6.45) is 3.32. The zero-order valence-corrected chi connectivity index (χ0v) is 21.6. The molecule has 3 N–H and O–H groups in total. The first-order chi connectivity index (χ1) is 17.3. The van der Waals surface area contributed by atoms with Crippen LogP contribution in [-0.4, -0.2) is 71.7 Å². The molecule has 0 bridgehead atoms. The number of carbonyl (C=O) groups is 1. The van der Waals surface area contributed by atoms with E-state index in [-0.39, 0.29) is 34.2 Å². The Bertz CT molecular complexity index is 1160. The highest BCUT2D eigenvalue weighted by molar-refractivity contribution is 6.36. The van der Waals surface area contributed by atoms with Crippen LogP contribution in [0.5, 0.6) is 5.75 Å². The summed E-state index contributed by atoms with van der Waals surface area (Å²) in [5.74, 6) is 5.71. The standard InChI is InChI=1S/C25H29Cl2FN6O2/c1-17(22-19(26)6-7-20(28)23(22)27)36-21-15-18(16-31-24(21)29)5-4-8-30-25(35)32-11-13-34(14-12-32)33-9-2-3-10-33/h6-7,15-17H,2-3,8-14H2,1H3,(H2,29,31)(H,30,35). The first-order valence-electron chi connectivity index (χ1n) is 11.9. The number of aromatic nitrogens is 1. The number of halogens is 3. The van der Waals surface area contributed by atoms with Gasteiger partial charge in [0.2, 0.25) is 0 Å². The van der Waals surface area contributed by atoms with E-state index in [0.717, 1.165) is 26.2 Å². The number of benzene rings is 1. The Labute approximate surface area is 220 Å². The number of nitrogens with zero attached hydrogens (tertiary/aromatic N) is 4. The Balaban J connectivity index is 1.30. The van der Waals surface area contributed by atoms with E-state index in [1.807, 2.05) is 4.90 Å². The number of pyridine rings is 1. The van der Waals surface area contributed by atoms with Crippen LogP contribution in [0.3, 0.4) is 0 Å². The number of hydrogen-bond acceptors (Lipinski definition) is 6. The molecule has 2 aliphatic rings. The fourth-order valence-electron chi connectivity index (χ4n) is 4.33. The normalized spacial score (nSPS) is 17.4. The Morgan fingerprint density at radius 1 is 1.19 bits per heavy atom. The van der Waals surface area contributed by atoms with Crippen molar-refractivity contribution in [2.75, 3.05) is 51.5 Å². The number of piperazine rings is 1. The van der Waals surface area contributed by atoms with Crippen molar-refractivity contribution in [1.29, 1.82) is 0 Å². The van der Waals surface area contributed by atoms with Crippen LogP contribution in [0.2, 0.25) is 10.0 Å². The molecule has 11 heteroatoms. The fraction of sp³-hybridized carbons (Fsp3) is 0.440. The van der Waals surface area contributed by atoms with E-state index in [1.54, 1.807) is 13.0 Å². The maximum absolute atomic E-state index is 13.9. The highest BCUT2D eigenvalue weighted by Crippen LogP contribution is 2.35. The van der Waals surface area contributed by atoms with Gasteiger partial charge in [-0.15, -0.1) is 0 Å². The summed E-state index contributed by atoms with van der Waals surface area (Å²) in [7, 11) is 0. The van der Waals surface area contributed by atoms with Gasteiger partial charge in [-0.05, 0) is 31.9 Å². The van der Waals surface area contributed by atoms with Gasteiger partial charge in [-0.25, -0.2) is 24.2 Å². The SMILES string of the molecule is CC(Oc1cc(C#CCNC(=O)N2CCN(N3CCCC3)CC2)cnc1N)c1c(Cl)ccc(F)c1Cl. The predicted octanol–water partition coefficient (Wildman–Crippen LogP) is 3.94. The molecular formula is C25H29Cl2FN6O2. The van der Waals surface area contributed by atoms with E-state index in [0.29, 0.717) is 24.2 Å². The van der Waals surface area contributed by atoms with Gasteiger partial charge in [0.1, 0.15) is 11.9 Å². The largest absolute Gasteiger partial charge is 0.482 e. The van der Waals surface area contributed by atoms with Gasteiger partial charge in [-0.1, -0.05) is 35.0 Å². The lowest BCUT2D eigenvalue weighted by molar-refractivity contribution is -0.0323. The summed E-state index contributed by atoms with van der Waals surface area (Å²) in [6.45, 7) is 7.18. The van der Waals surface area contributed by atoms with Crippen LogP contribution in [0.4, 0.5) is 15.0 Å². The molecule has 4 rings (SSSR count). The second-order valence-electron chi connectivity index (χ2n) is 8.69. The molecule has 0 aliphatic carbocycles. The van der Waals surface area contributed by atoms with Crippen molar-refractivity contribution in [1.82, 2.24) is 25.2 Å². The van der Waals surface area contributed by atoms with Crippen LogP contribution >= 0.6 is 23.2 Å². The van der Waals surface area contributed by atoms with Gasteiger partial charge >= 0.3 is 6.03 Å². The van der Waals surface area contributed by atoms with Gasteiger partial charge in [0.25, 0.3) is 0 Å². The Hall–Kier alpha value is -2.77. The van der Waals surface area contributed by atoms with Gasteiger partial charge in [-0.3, -0.25) is 0 Å². The number of hydrogen-bond donors (Lipinski definition) is 2. The Morgan fingerprint density at radius 2 is 1.89 bits per heavy atom. The van der Waals surface area contributed by atoms with E-state index in [9.17, 15) is 9.18 Å². The molecule has 0 radical (unpaired) electrons. The fourth-order valence-corrected chi connectivity index (χ4v) is 5.00. The number of rotatable bonds is 5. The maximum atomic E-state index is 13.9. The number of ether oxygens (including phenoxy) is 1. The number of nitrogens with one attached hydrogen (secondary N) is 1. The molecule has 2 aliphatic heterocycles. The molecule has 1 atom stereocenters. The van der Waals surface area contributed by atoms with Gasteiger partial charge in [0.15, 0.2) is 11.6 Å². The van der Waals surface area contributed by atoms with Crippen molar-refractivity contribution < 1.29 is 13.9 Å². The summed E-state index contributed by atoms with van der Waals surface area (Å²) < 4.78 is 19.8. The van der Waals surface area contributed by atoms with Crippen LogP contribution in [0, 0.1) is 17.7 Å². The lowest BCUT2D eigenvalue weighted by Crippen LogP contribution is -2.56.